The van der Waals surface area contributed by atoms with Crippen molar-refractivity contribution >= 4 is 5.96 Å². The summed E-state index contributed by atoms with van der Waals surface area (Å²) in [4.78, 5) is 9.51. The van der Waals surface area contributed by atoms with Gasteiger partial charge in [-0.3, -0.25) is 14.8 Å². The summed E-state index contributed by atoms with van der Waals surface area (Å²) in [5.74, 6) is 0.868. The van der Waals surface area contributed by atoms with Gasteiger partial charge in [-0.1, -0.05) is 30.7 Å². The Labute approximate surface area is 183 Å². The van der Waals surface area contributed by atoms with Crippen molar-refractivity contribution in [1.29, 1.82) is 0 Å². The Kier molecular flexibility index (Phi) is 8.54. The van der Waals surface area contributed by atoms with Crippen LogP contribution in [0.2, 0.25) is 0 Å². The van der Waals surface area contributed by atoms with Gasteiger partial charge in [0, 0.05) is 45.3 Å². The Bertz CT molecular complexity index is 684. The number of rotatable bonds is 7. The van der Waals surface area contributed by atoms with Crippen LogP contribution in [0.25, 0.3) is 0 Å². The average Bonchev–Trinajstić information content (AvgIpc) is 2.75. The number of guanidine groups is 1. The van der Waals surface area contributed by atoms with E-state index in [0.717, 1.165) is 45.3 Å². The summed E-state index contributed by atoms with van der Waals surface area (Å²) in [6.07, 6.45) is 4.33. The lowest BCUT2D eigenvalue weighted by Gasteiger charge is -2.41. The van der Waals surface area contributed by atoms with Gasteiger partial charge in [0.1, 0.15) is 0 Å². The van der Waals surface area contributed by atoms with E-state index in [4.69, 9.17) is 4.74 Å². The van der Waals surface area contributed by atoms with Crippen LogP contribution in [0.1, 0.15) is 51.2 Å². The van der Waals surface area contributed by atoms with Gasteiger partial charge in [-0.15, -0.1) is 0 Å². The van der Waals surface area contributed by atoms with Crippen molar-refractivity contribution < 1.29 is 4.74 Å². The second-order valence-electron chi connectivity index (χ2n) is 9.38. The van der Waals surface area contributed by atoms with E-state index < -0.39 is 0 Å². The number of benzene rings is 1. The van der Waals surface area contributed by atoms with E-state index >= 15 is 0 Å². The highest BCUT2D eigenvalue weighted by molar-refractivity contribution is 5.79. The maximum atomic E-state index is 5.66. The molecule has 2 aliphatic heterocycles. The summed E-state index contributed by atoms with van der Waals surface area (Å²) in [5.41, 5.74) is 2.78. The second-order valence-corrected chi connectivity index (χ2v) is 9.38. The molecule has 2 heterocycles. The summed E-state index contributed by atoms with van der Waals surface area (Å²) < 4.78 is 5.66. The van der Waals surface area contributed by atoms with Crippen LogP contribution in [0.4, 0.5) is 0 Å². The Morgan fingerprint density at radius 1 is 1.13 bits per heavy atom. The van der Waals surface area contributed by atoms with Crippen LogP contribution >= 0.6 is 0 Å². The lowest BCUT2D eigenvalue weighted by atomic mass is 9.98. The topological polar surface area (TPSA) is 52.1 Å². The first-order valence-corrected chi connectivity index (χ1v) is 11.6. The predicted molar refractivity (Wildman–Crippen MR) is 125 cm³/mol. The fourth-order valence-electron chi connectivity index (χ4n) is 4.45. The monoisotopic (exact) mass is 415 g/mol. The fraction of sp³-hybridized carbons (Fsp3) is 0.708. The molecule has 0 aliphatic carbocycles. The lowest BCUT2D eigenvalue weighted by molar-refractivity contribution is -0.0212. The van der Waals surface area contributed by atoms with Crippen LogP contribution in [-0.4, -0.2) is 73.8 Å². The van der Waals surface area contributed by atoms with Gasteiger partial charge < -0.3 is 15.4 Å². The van der Waals surface area contributed by atoms with Crippen LogP contribution in [-0.2, 0) is 17.8 Å². The van der Waals surface area contributed by atoms with Gasteiger partial charge in [-0.2, -0.15) is 0 Å². The standard InChI is InChI=1S/C24H41N5O/c1-20-17-28(13-14-30-20)18-22-10-8-9-21(15-22)16-26-23(25-4)27-19-24(2,3)29-11-6-5-7-12-29/h8-10,15,20H,5-7,11-14,16-19H2,1-4H3,(H2,25,26,27). The minimum absolute atomic E-state index is 0.132. The van der Waals surface area contributed by atoms with E-state index in [9.17, 15) is 0 Å². The van der Waals surface area contributed by atoms with Crippen molar-refractivity contribution in [2.45, 2.75) is 64.8 Å². The molecule has 1 unspecified atom stereocenters. The number of hydrogen-bond donors (Lipinski definition) is 2. The smallest absolute Gasteiger partial charge is 0.191 e. The number of aliphatic imine (C=N–C) groups is 1. The van der Waals surface area contributed by atoms with Gasteiger partial charge in [0.2, 0.25) is 0 Å². The zero-order valence-corrected chi connectivity index (χ0v) is 19.4. The van der Waals surface area contributed by atoms with Crippen LogP contribution in [0.5, 0.6) is 0 Å². The number of piperidine rings is 1. The van der Waals surface area contributed by atoms with Crippen molar-refractivity contribution in [2.24, 2.45) is 4.99 Å². The van der Waals surface area contributed by atoms with Gasteiger partial charge in [0.05, 0.1) is 12.7 Å². The largest absolute Gasteiger partial charge is 0.376 e. The third-order valence-corrected chi connectivity index (χ3v) is 6.31. The zero-order valence-electron chi connectivity index (χ0n) is 19.4. The van der Waals surface area contributed by atoms with Gasteiger partial charge in [0.15, 0.2) is 5.96 Å². The second kappa shape index (κ2) is 11.1. The number of likely N-dealkylation sites (tertiary alicyclic amines) is 1. The fourth-order valence-corrected chi connectivity index (χ4v) is 4.45. The Morgan fingerprint density at radius 2 is 1.90 bits per heavy atom. The summed E-state index contributed by atoms with van der Waals surface area (Å²) in [5, 5.41) is 7.02. The molecule has 168 valence electrons. The van der Waals surface area contributed by atoms with E-state index in [-0.39, 0.29) is 5.54 Å². The van der Waals surface area contributed by atoms with Gasteiger partial charge in [0.25, 0.3) is 0 Å². The molecule has 0 radical (unpaired) electrons. The Morgan fingerprint density at radius 3 is 2.63 bits per heavy atom. The minimum Gasteiger partial charge on any atom is -0.376 e. The molecule has 0 bridgehead atoms. The predicted octanol–water partition coefficient (Wildman–Crippen LogP) is 2.84. The van der Waals surface area contributed by atoms with Gasteiger partial charge >= 0.3 is 0 Å². The summed E-state index contributed by atoms with van der Waals surface area (Å²) in [7, 11) is 1.85. The Hall–Kier alpha value is -1.63. The van der Waals surface area contributed by atoms with Crippen LogP contribution in [0, 0.1) is 0 Å². The number of hydrogen-bond acceptors (Lipinski definition) is 4. The molecule has 1 aromatic carbocycles. The molecule has 3 rings (SSSR count). The lowest BCUT2D eigenvalue weighted by Crippen LogP contribution is -2.54. The molecule has 1 aromatic rings. The van der Waals surface area contributed by atoms with E-state index in [1.165, 1.54) is 43.5 Å². The third kappa shape index (κ3) is 6.96. The van der Waals surface area contributed by atoms with Crippen LogP contribution in [0.15, 0.2) is 29.3 Å². The molecule has 0 saturated carbocycles. The SMILES string of the molecule is CN=C(NCc1cccc(CN2CCOC(C)C2)c1)NCC(C)(C)N1CCCCC1. The van der Waals surface area contributed by atoms with Crippen molar-refractivity contribution in [3.63, 3.8) is 0 Å². The average molecular weight is 416 g/mol. The molecule has 0 aromatic heterocycles. The van der Waals surface area contributed by atoms with E-state index in [0.29, 0.717) is 6.10 Å². The highest BCUT2D eigenvalue weighted by atomic mass is 16.5. The normalized spacial score (nSPS) is 22.1. The van der Waals surface area contributed by atoms with E-state index in [1.54, 1.807) is 0 Å². The first kappa shape index (κ1) is 23.0. The molecule has 2 N–H and O–H groups in total. The minimum atomic E-state index is 0.132. The van der Waals surface area contributed by atoms with Crippen molar-refractivity contribution in [3.8, 4) is 0 Å². The summed E-state index contributed by atoms with van der Waals surface area (Å²) >= 11 is 0. The maximum absolute atomic E-state index is 5.66. The number of morpholine rings is 1. The maximum Gasteiger partial charge on any atom is 0.191 e. The summed E-state index contributed by atoms with van der Waals surface area (Å²) in [6, 6.07) is 8.87. The van der Waals surface area contributed by atoms with E-state index in [1.807, 2.05) is 7.05 Å². The molecule has 2 aliphatic rings. The molecular weight excluding hydrogens is 374 g/mol. The van der Waals surface area contributed by atoms with Crippen molar-refractivity contribution in [3.05, 3.63) is 35.4 Å². The zero-order chi connectivity index (χ0) is 21.4. The highest BCUT2D eigenvalue weighted by Gasteiger charge is 2.27. The molecular formula is C24H41N5O. The first-order chi connectivity index (χ1) is 14.5. The number of nitrogens with zero attached hydrogens (tertiary/aromatic N) is 3. The summed E-state index contributed by atoms with van der Waals surface area (Å²) in [6.45, 7) is 14.7. The molecule has 2 fully saturated rings. The number of nitrogens with one attached hydrogen (secondary N) is 2. The Balaban J connectivity index is 1.47. The number of ether oxygens (including phenoxy) is 1. The van der Waals surface area contributed by atoms with Crippen LogP contribution < -0.4 is 10.6 Å². The van der Waals surface area contributed by atoms with Crippen LogP contribution in [0.3, 0.4) is 0 Å². The molecule has 6 heteroatoms. The van der Waals surface area contributed by atoms with E-state index in [2.05, 4.69) is 70.5 Å². The molecule has 1 atom stereocenters. The van der Waals surface area contributed by atoms with Gasteiger partial charge in [-0.25, -0.2) is 0 Å². The molecule has 6 nitrogen and oxygen atoms in total. The molecule has 0 spiro atoms. The molecule has 2 saturated heterocycles. The third-order valence-electron chi connectivity index (χ3n) is 6.31. The quantitative estimate of drug-likeness (QED) is 0.530. The highest BCUT2D eigenvalue weighted by Crippen LogP contribution is 2.19. The van der Waals surface area contributed by atoms with Crippen molar-refractivity contribution in [2.75, 3.05) is 46.4 Å². The molecule has 0 amide bonds. The van der Waals surface area contributed by atoms with Crippen molar-refractivity contribution in [1.82, 2.24) is 20.4 Å². The van der Waals surface area contributed by atoms with Gasteiger partial charge in [-0.05, 0) is 57.8 Å². The molecule has 30 heavy (non-hydrogen) atoms. The first-order valence-electron chi connectivity index (χ1n) is 11.6.